The van der Waals surface area contributed by atoms with Gasteiger partial charge in [-0.05, 0) is 44.9 Å². The molecule has 0 saturated heterocycles. The van der Waals surface area contributed by atoms with Gasteiger partial charge >= 0.3 is 5.97 Å². The van der Waals surface area contributed by atoms with Crippen LogP contribution in [0.25, 0.3) is 0 Å². The summed E-state index contributed by atoms with van der Waals surface area (Å²) in [6, 6.07) is 6.21. The van der Waals surface area contributed by atoms with Crippen LogP contribution in [-0.2, 0) is 15.1 Å². The van der Waals surface area contributed by atoms with E-state index in [0.717, 1.165) is 7.11 Å². The van der Waals surface area contributed by atoms with Crippen LogP contribution in [0.1, 0.15) is 46.1 Å². The average Bonchev–Trinajstić information content (AvgIpc) is 2.46. The molecule has 0 amide bonds. The number of esters is 1. The second-order valence-electron chi connectivity index (χ2n) is 6.75. The summed E-state index contributed by atoms with van der Waals surface area (Å²) < 4.78 is 37.1. The molecule has 4 nitrogen and oxygen atoms in total. The number of alkyl halides is 2. The van der Waals surface area contributed by atoms with Crippen molar-refractivity contribution in [1.29, 1.82) is 0 Å². The lowest BCUT2D eigenvalue weighted by molar-refractivity contribution is -0.170. The molecule has 0 saturated carbocycles. The molecule has 1 N–H and O–H groups in total. The van der Waals surface area contributed by atoms with Crippen LogP contribution >= 0.6 is 0 Å². The fraction of sp³-hybridized carbons (Fsp3) is 0.611. The molecule has 1 aromatic carbocycles. The van der Waals surface area contributed by atoms with E-state index >= 15 is 0 Å². The minimum absolute atomic E-state index is 0.0105. The minimum atomic E-state index is -3.04. The fourth-order valence-electron chi connectivity index (χ4n) is 2.66. The Hall–Kier alpha value is -1.69. The fourth-order valence-corrected chi connectivity index (χ4v) is 2.66. The third-order valence-electron chi connectivity index (χ3n) is 3.63. The standard InChI is InChI=1S/C18H26F2O4/c1-6-11-18(22,14(15(19)20)16(21)23-5)12-7-9-13(10-8-12)24-17(2,3)4/h7-10,14-15,22H,6,11H2,1-5H3. The minimum Gasteiger partial charge on any atom is -0.488 e. The molecule has 2 unspecified atom stereocenters. The van der Waals surface area contributed by atoms with Gasteiger partial charge in [0.2, 0.25) is 0 Å². The summed E-state index contributed by atoms with van der Waals surface area (Å²) in [5.74, 6) is -2.52. The van der Waals surface area contributed by atoms with Crippen LogP contribution in [0.15, 0.2) is 24.3 Å². The van der Waals surface area contributed by atoms with E-state index in [2.05, 4.69) is 4.74 Å². The van der Waals surface area contributed by atoms with Gasteiger partial charge in [-0.15, -0.1) is 0 Å². The van der Waals surface area contributed by atoms with Gasteiger partial charge in [-0.2, -0.15) is 0 Å². The van der Waals surface area contributed by atoms with E-state index in [9.17, 15) is 18.7 Å². The quantitative estimate of drug-likeness (QED) is 0.762. The van der Waals surface area contributed by atoms with Crippen LogP contribution in [0.4, 0.5) is 8.78 Å². The second kappa shape index (κ2) is 7.92. The number of hydrogen-bond acceptors (Lipinski definition) is 4. The van der Waals surface area contributed by atoms with Gasteiger partial charge in [-0.25, -0.2) is 8.78 Å². The van der Waals surface area contributed by atoms with Crippen molar-refractivity contribution in [2.45, 2.75) is 58.2 Å². The van der Waals surface area contributed by atoms with Gasteiger partial charge in [-0.3, -0.25) is 4.79 Å². The van der Waals surface area contributed by atoms with Crippen molar-refractivity contribution in [3.63, 3.8) is 0 Å². The van der Waals surface area contributed by atoms with Crippen LogP contribution in [0.5, 0.6) is 5.75 Å². The zero-order chi connectivity index (χ0) is 18.5. The van der Waals surface area contributed by atoms with Crippen LogP contribution in [-0.4, -0.2) is 30.2 Å². The molecule has 24 heavy (non-hydrogen) atoms. The smallest absolute Gasteiger partial charge is 0.317 e. The molecule has 0 aliphatic rings. The van der Waals surface area contributed by atoms with E-state index in [0.29, 0.717) is 12.2 Å². The van der Waals surface area contributed by atoms with Crippen LogP contribution in [0.3, 0.4) is 0 Å². The molecule has 0 spiro atoms. The topological polar surface area (TPSA) is 55.8 Å². The predicted molar refractivity (Wildman–Crippen MR) is 87.1 cm³/mol. The third-order valence-corrected chi connectivity index (χ3v) is 3.63. The predicted octanol–water partition coefficient (Wildman–Crippen LogP) is 3.91. The Labute approximate surface area is 141 Å². The number of rotatable bonds is 7. The number of carbonyl (C=O) groups excluding carboxylic acids is 1. The maximum absolute atomic E-state index is 13.5. The van der Waals surface area contributed by atoms with Crippen molar-refractivity contribution in [2.24, 2.45) is 5.92 Å². The number of aliphatic hydroxyl groups is 1. The Morgan fingerprint density at radius 3 is 2.12 bits per heavy atom. The first kappa shape index (κ1) is 20.4. The van der Waals surface area contributed by atoms with Crippen molar-refractivity contribution in [3.05, 3.63) is 29.8 Å². The Balaban J connectivity index is 3.24. The molecule has 136 valence electrons. The number of methoxy groups -OCH3 is 1. The number of halogens is 2. The van der Waals surface area contributed by atoms with E-state index < -0.39 is 29.5 Å². The summed E-state index contributed by atoms with van der Waals surface area (Å²) in [5.41, 5.74) is -2.17. The first-order valence-corrected chi connectivity index (χ1v) is 7.93. The molecule has 0 heterocycles. The molecule has 6 heteroatoms. The number of ether oxygens (including phenoxy) is 2. The molecular formula is C18H26F2O4. The molecule has 2 atom stereocenters. The second-order valence-corrected chi connectivity index (χ2v) is 6.75. The summed E-state index contributed by atoms with van der Waals surface area (Å²) in [6.07, 6.45) is -2.60. The lowest BCUT2D eigenvalue weighted by atomic mass is 9.78. The monoisotopic (exact) mass is 344 g/mol. The number of hydrogen-bond donors (Lipinski definition) is 1. The van der Waals surface area contributed by atoms with Crippen molar-refractivity contribution in [3.8, 4) is 5.75 Å². The Morgan fingerprint density at radius 2 is 1.75 bits per heavy atom. The van der Waals surface area contributed by atoms with E-state index in [4.69, 9.17) is 4.74 Å². The first-order valence-electron chi connectivity index (χ1n) is 7.93. The summed E-state index contributed by atoms with van der Waals surface area (Å²) in [6.45, 7) is 7.41. The summed E-state index contributed by atoms with van der Waals surface area (Å²) in [5, 5.41) is 10.9. The van der Waals surface area contributed by atoms with Crippen molar-refractivity contribution in [2.75, 3.05) is 7.11 Å². The largest absolute Gasteiger partial charge is 0.488 e. The van der Waals surface area contributed by atoms with Crippen LogP contribution < -0.4 is 4.74 Å². The lowest BCUT2D eigenvalue weighted by Crippen LogP contribution is -2.44. The van der Waals surface area contributed by atoms with Crippen molar-refractivity contribution < 1.29 is 28.2 Å². The molecular weight excluding hydrogens is 318 g/mol. The average molecular weight is 344 g/mol. The van der Waals surface area contributed by atoms with Crippen LogP contribution in [0.2, 0.25) is 0 Å². The Kier molecular flexibility index (Phi) is 6.72. The van der Waals surface area contributed by atoms with Gasteiger partial charge < -0.3 is 14.6 Å². The summed E-state index contributed by atoms with van der Waals surface area (Å²) >= 11 is 0. The zero-order valence-corrected chi connectivity index (χ0v) is 14.8. The van der Waals surface area contributed by atoms with Gasteiger partial charge in [0.15, 0.2) is 5.92 Å². The Bertz CT molecular complexity index is 537. The number of benzene rings is 1. The van der Waals surface area contributed by atoms with Gasteiger partial charge in [0, 0.05) is 0 Å². The maximum atomic E-state index is 13.5. The highest BCUT2D eigenvalue weighted by Crippen LogP contribution is 2.39. The summed E-state index contributed by atoms with van der Waals surface area (Å²) in [4.78, 5) is 11.8. The molecule has 0 bridgehead atoms. The molecule has 1 aromatic rings. The molecule has 0 aromatic heterocycles. The van der Waals surface area contributed by atoms with Gasteiger partial charge in [0.1, 0.15) is 17.0 Å². The molecule has 0 aliphatic heterocycles. The van der Waals surface area contributed by atoms with E-state index in [1.54, 1.807) is 19.1 Å². The van der Waals surface area contributed by atoms with Crippen molar-refractivity contribution in [1.82, 2.24) is 0 Å². The zero-order valence-electron chi connectivity index (χ0n) is 14.8. The van der Waals surface area contributed by atoms with E-state index in [1.165, 1.54) is 12.1 Å². The number of carbonyl (C=O) groups is 1. The highest BCUT2D eigenvalue weighted by molar-refractivity contribution is 5.74. The van der Waals surface area contributed by atoms with E-state index in [-0.39, 0.29) is 12.0 Å². The highest BCUT2D eigenvalue weighted by atomic mass is 19.3. The van der Waals surface area contributed by atoms with Crippen LogP contribution in [0, 0.1) is 5.92 Å². The molecule has 0 aliphatic carbocycles. The first-order chi connectivity index (χ1) is 11.0. The highest BCUT2D eigenvalue weighted by Gasteiger charge is 2.48. The van der Waals surface area contributed by atoms with E-state index in [1.807, 2.05) is 20.8 Å². The van der Waals surface area contributed by atoms with Gasteiger partial charge in [0.25, 0.3) is 6.43 Å². The lowest BCUT2D eigenvalue weighted by Gasteiger charge is -2.34. The third kappa shape index (κ3) is 4.90. The normalized spacial score (nSPS) is 15.7. The molecule has 1 rings (SSSR count). The van der Waals surface area contributed by atoms with Gasteiger partial charge in [0.05, 0.1) is 7.11 Å². The maximum Gasteiger partial charge on any atom is 0.317 e. The SMILES string of the molecule is CCCC(O)(c1ccc(OC(C)(C)C)cc1)C(C(=O)OC)C(F)F. The Morgan fingerprint density at radius 1 is 1.21 bits per heavy atom. The summed E-state index contributed by atoms with van der Waals surface area (Å²) in [7, 11) is 1.03. The van der Waals surface area contributed by atoms with Gasteiger partial charge in [-0.1, -0.05) is 25.5 Å². The van der Waals surface area contributed by atoms with Crippen molar-refractivity contribution >= 4 is 5.97 Å². The molecule has 0 fully saturated rings. The molecule has 0 radical (unpaired) electrons.